The predicted molar refractivity (Wildman–Crippen MR) is 53.3 cm³/mol. The van der Waals surface area contributed by atoms with Crippen molar-refractivity contribution in [2.24, 2.45) is 5.92 Å². The van der Waals surface area contributed by atoms with E-state index in [-0.39, 0.29) is 0 Å². The summed E-state index contributed by atoms with van der Waals surface area (Å²) in [5, 5.41) is 6.92. The van der Waals surface area contributed by atoms with Gasteiger partial charge in [-0.1, -0.05) is 13.0 Å². The third-order valence-electron chi connectivity index (χ3n) is 2.47. The van der Waals surface area contributed by atoms with E-state index in [0.717, 1.165) is 12.6 Å². The largest absolute Gasteiger partial charge is 0.317 e. The number of hydrogen-bond donors (Lipinski definition) is 2. The van der Waals surface area contributed by atoms with E-state index < -0.39 is 0 Å². The lowest BCUT2D eigenvalue weighted by molar-refractivity contribution is 0.377. The molecule has 0 bridgehead atoms. The van der Waals surface area contributed by atoms with Crippen LogP contribution in [0.5, 0.6) is 0 Å². The molecule has 1 aliphatic heterocycles. The zero-order chi connectivity index (χ0) is 8.81. The van der Waals surface area contributed by atoms with Crippen LogP contribution in [0.15, 0.2) is 12.7 Å². The van der Waals surface area contributed by atoms with Crippen molar-refractivity contribution in [3.8, 4) is 0 Å². The van der Waals surface area contributed by atoms with Gasteiger partial charge in [0.2, 0.25) is 0 Å². The summed E-state index contributed by atoms with van der Waals surface area (Å²) in [7, 11) is 0. The summed E-state index contributed by atoms with van der Waals surface area (Å²) in [6.07, 6.45) is 4.54. The van der Waals surface area contributed by atoms with E-state index in [9.17, 15) is 0 Å². The van der Waals surface area contributed by atoms with Crippen molar-refractivity contribution < 1.29 is 0 Å². The Hall–Kier alpha value is -0.340. The molecular formula is C10H20N2. The summed E-state index contributed by atoms with van der Waals surface area (Å²) < 4.78 is 0. The third kappa shape index (κ3) is 3.37. The van der Waals surface area contributed by atoms with Crippen LogP contribution >= 0.6 is 0 Å². The highest BCUT2D eigenvalue weighted by molar-refractivity contribution is 4.80. The molecule has 0 radical (unpaired) electrons. The van der Waals surface area contributed by atoms with E-state index in [1.54, 1.807) is 0 Å². The second kappa shape index (κ2) is 5.33. The molecule has 2 nitrogen and oxygen atoms in total. The molecule has 0 aromatic carbocycles. The molecule has 12 heavy (non-hydrogen) atoms. The molecule has 2 heteroatoms. The summed E-state index contributed by atoms with van der Waals surface area (Å²) >= 11 is 0. The first kappa shape index (κ1) is 9.75. The van der Waals surface area contributed by atoms with Crippen molar-refractivity contribution in [2.45, 2.75) is 25.8 Å². The van der Waals surface area contributed by atoms with Gasteiger partial charge in [0.25, 0.3) is 0 Å². The van der Waals surface area contributed by atoms with E-state index >= 15 is 0 Å². The van der Waals surface area contributed by atoms with Crippen molar-refractivity contribution in [3.63, 3.8) is 0 Å². The molecule has 0 aromatic heterocycles. The zero-order valence-corrected chi connectivity index (χ0v) is 7.97. The van der Waals surface area contributed by atoms with Gasteiger partial charge >= 0.3 is 0 Å². The highest BCUT2D eigenvalue weighted by atomic mass is 15.0. The zero-order valence-electron chi connectivity index (χ0n) is 7.97. The van der Waals surface area contributed by atoms with Gasteiger partial charge in [-0.05, 0) is 31.8 Å². The van der Waals surface area contributed by atoms with Crippen molar-refractivity contribution in [2.75, 3.05) is 19.6 Å². The molecule has 0 amide bonds. The third-order valence-corrected chi connectivity index (χ3v) is 2.47. The Kier molecular flexibility index (Phi) is 4.33. The Bertz CT molecular complexity index is 128. The standard InChI is InChI=1S/C10H20N2/c1-3-9(2)8-12-10-4-6-11-7-5-10/h3,9-12H,1,4-8H2,2H3. The maximum Gasteiger partial charge on any atom is 0.00914 e. The maximum atomic E-state index is 3.77. The average molecular weight is 168 g/mol. The summed E-state index contributed by atoms with van der Waals surface area (Å²) in [5.74, 6) is 0.597. The Balaban J connectivity index is 2.08. The topological polar surface area (TPSA) is 24.1 Å². The van der Waals surface area contributed by atoms with Gasteiger partial charge in [-0.3, -0.25) is 0 Å². The second-order valence-corrected chi connectivity index (χ2v) is 3.65. The van der Waals surface area contributed by atoms with Crippen molar-refractivity contribution in [1.82, 2.24) is 10.6 Å². The van der Waals surface area contributed by atoms with E-state index in [4.69, 9.17) is 0 Å². The van der Waals surface area contributed by atoms with Crippen LogP contribution in [0, 0.1) is 5.92 Å². The highest BCUT2D eigenvalue weighted by Gasteiger charge is 2.11. The summed E-state index contributed by atoms with van der Waals surface area (Å²) in [6, 6.07) is 0.730. The van der Waals surface area contributed by atoms with Gasteiger partial charge in [0.05, 0.1) is 0 Å². The van der Waals surface area contributed by atoms with Crippen LogP contribution in [-0.4, -0.2) is 25.7 Å². The molecule has 0 aromatic rings. The van der Waals surface area contributed by atoms with Gasteiger partial charge in [0, 0.05) is 12.6 Å². The van der Waals surface area contributed by atoms with Crippen LogP contribution in [-0.2, 0) is 0 Å². The minimum Gasteiger partial charge on any atom is -0.317 e. The van der Waals surface area contributed by atoms with Crippen molar-refractivity contribution in [3.05, 3.63) is 12.7 Å². The lowest BCUT2D eigenvalue weighted by Gasteiger charge is -2.24. The quantitative estimate of drug-likeness (QED) is 0.615. The fourth-order valence-electron chi connectivity index (χ4n) is 1.46. The second-order valence-electron chi connectivity index (χ2n) is 3.65. The van der Waals surface area contributed by atoms with Gasteiger partial charge in [0.15, 0.2) is 0 Å². The predicted octanol–water partition coefficient (Wildman–Crippen LogP) is 1.15. The van der Waals surface area contributed by atoms with Crippen molar-refractivity contribution >= 4 is 0 Å². The monoisotopic (exact) mass is 168 g/mol. The summed E-state index contributed by atoms with van der Waals surface area (Å²) in [4.78, 5) is 0. The molecule has 1 heterocycles. The molecule has 2 N–H and O–H groups in total. The Morgan fingerprint density at radius 1 is 1.58 bits per heavy atom. The van der Waals surface area contributed by atoms with Crippen molar-refractivity contribution in [1.29, 1.82) is 0 Å². The highest BCUT2D eigenvalue weighted by Crippen LogP contribution is 2.03. The van der Waals surface area contributed by atoms with Gasteiger partial charge in [-0.15, -0.1) is 6.58 Å². The molecule has 0 aliphatic carbocycles. The molecule has 1 atom stereocenters. The minimum atomic E-state index is 0.597. The lowest BCUT2D eigenvalue weighted by atomic mass is 10.1. The maximum absolute atomic E-state index is 3.77. The van der Waals surface area contributed by atoms with Crippen LogP contribution < -0.4 is 10.6 Å². The Morgan fingerprint density at radius 2 is 2.25 bits per heavy atom. The molecule has 1 unspecified atom stereocenters. The van der Waals surface area contributed by atoms with Crippen LogP contribution in [0.2, 0.25) is 0 Å². The molecule has 1 rings (SSSR count). The molecule has 0 saturated carbocycles. The number of rotatable bonds is 4. The SMILES string of the molecule is C=CC(C)CNC1CCNCC1. The van der Waals surface area contributed by atoms with E-state index in [1.807, 2.05) is 6.08 Å². The average Bonchev–Trinajstić information content (AvgIpc) is 2.16. The van der Waals surface area contributed by atoms with Gasteiger partial charge in [-0.25, -0.2) is 0 Å². The molecule has 0 spiro atoms. The first-order chi connectivity index (χ1) is 5.83. The molecular weight excluding hydrogens is 148 g/mol. The summed E-state index contributed by atoms with van der Waals surface area (Å²) in [6.45, 7) is 9.38. The summed E-state index contributed by atoms with van der Waals surface area (Å²) in [5.41, 5.74) is 0. The van der Waals surface area contributed by atoms with E-state index in [0.29, 0.717) is 5.92 Å². The molecule has 70 valence electrons. The fourth-order valence-corrected chi connectivity index (χ4v) is 1.46. The normalized spacial score (nSPS) is 22.1. The van der Waals surface area contributed by atoms with Crippen LogP contribution in [0.1, 0.15) is 19.8 Å². The van der Waals surface area contributed by atoms with E-state index in [2.05, 4.69) is 24.1 Å². The lowest BCUT2D eigenvalue weighted by Crippen LogP contribution is -2.41. The van der Waals surface area contributed by atoms with Gasteiger partial charge < -0.3 is 10.6 Å². The minimum absolute atomic E-state index is 0.597. The Labute approximate surface area is 75.4 Å². The first-order valence-electron chi connectivity index (χ1n) is 4.89. The Morgan fingerprint density at radius 3 is 2.83 bits per heavy atom. The number of piperidine rings is 1. The van der Waals surface area contributed by atoms with Crippen LogP contribution in [0.3, 0.4) is 0 Å². The van der Waals surface area contributed by atoms with Crippen LogP contribution in [0.4, 0.5) is 0 Å². The fraction of sp³-hybridized carbons (Fsp3) is 0.800. The molecule has 1 saturated heterocycles. The number of nitrogens with one attached hydrogen (secondary N) is 2. The van der Waals surface area contributed by atoms with Gasteiger partial charge in [-0.2, -0.15) is 0 Å². The molecule has 1 fully saturated rings. The first-order valence-corrected chi connectivity index (χ1v) is 4.89. The van der Waals surface area contributed by atoms with E-state index in [1.165, 1.54) is 25.9 Å². The number of hydrogen-bond acceptors (Lipinski definition) is 2. The smallest absolute Gasteiger partial charge is 0.00914 e. The van der Waals surface area contributed by atoms with Gasteiger partial charge in [0.1, 0.15) is 0 Å². The molecule has 1 aliphatic rings. The van der Waals surface area contributed by atoms with Crippen LogP contribution in [0.25, 0.3) is 0 Å².